The highest BCUT2D eigenvalue weighted by Gasteiger charge is 2.70. The van der Waals surface area contributed by atoms with Crippen LogP contribution in [0.1, 0.15) is 26.3 Å². The average molecular weight is 320 g/mol. The third-order valence-corrected chi connectivity index (χ3v) is 6.50. The van der Waals surface area contributed by atoms with Crippen LogP contribution in [0.2, 0.25) is 0 Å². The number of nitrogens with two attached hydrogens (primary N) is 1. The number of ether oxygens (including phenoxy) is 1. The topological polar surface area (TPSA) is 72.6 Å². The van der Waals surface area contributed by atoms with Gasteiger partial charge in [0.2, 0.25) is 5.91 Å². The molecule has 22 heavy (non-hydrogen) atoms. The highest BCUT2D eigenvalue weighted by molar-refractivity contribution is 8.01. The van der Waals surface area contributed by atoms with Gasteiger partial charge in [0.05, 0.1) is 0 Å². The maximum atomic E-state index is 12.7. The summed E-state index contributed by atoms with van der Waals surface area (Å²) >= 11 is 1.57. The predicted octanol–water partition coefficient (Wildman–Crippen LogP) is 1.51. The first-order chi connectivity index (χ1) is 10.3. The van der Waals surface area contributed by atoms with Gasteiger partial charge in [-0.05, 0) is 26.3 Å². The molecule has 0 radical (unpaired) electrons. The van der Waals surface area contributed by atoms with Crippen LogP contribution in [0.5, 0.6) is 0 Å². The van der Waals surface area contributed by atoms with Crippen molar-refractivity contribution in [3.8, 4) is 0 Å². The molecule has 2 saturated heterocycles. The van der Waals surface area contributed by atoms with E-state index in [1.807, 2.05) is 44.2 Å². The minimum atomic E-state index is -0.996. The Balaban J connectivity index is 1.79. The lowest BCUT2D eigenvalue weighted by Crippen LogP contribution is -2.73. The molecule has 3 rings (SSSR count). The van der Waals surface area contributed by atoms with E-state index in [1.54, 1.807) is 23.6 Å². The first kappa shape index (κ1) is 15.4. The molecule has 118 valence electrons. The third kappa shape index (κ3) is 1.97. The molecule has 3 atom stereocenters. The number of amides is 1. The summed E-state index contributed by atoms with van der Waals surface area (Å²) in [6.07, 6.45) is 0. The Morgan fingerprint density at radius 3 is 2.59 bits per heavy atom. The lowest BCUT2D eigenvalue weighted by molar-refractivity contribution is -0.173. The number of esters is 1. The van der Waals surface area contributed by atoms with E-state index < -0.39 is 16.3 Å². The monoisotopic (exact) mass is 320 g/mol. The van der Waals surface area contributed by atoms with Gasteiger partial charge in [0.15, 0.2) is 5.54 Å². The Bertz CT molecular complexity index is 619. The van der Waals surface area contributed by atoms with Gasteiger partial charge in [0.25, 0.3) is 0 Å². The summed E-state index contributed by atoms with van der Waals surface area (Å²) in [6.45, 7) is 5.89. The zero-order chi connectivity index (χ0) is 16.1. The second kappa shape index (κ2) is 4.99. The fourth-order valence-corrected chi connectivity index (χ4v) is 4.70. The van der Waals surface area contributed by atoms with E-state index in [0.29, 0.717) is 0 Å². The van der Waals surface area contributed by atoms with Crippen LogP contribution in [0, 0.1) is 0 Å². The van der Waals surface area contributed by atoms with Crippen molar-refractivity contribution in [2.45, 2.75) is 49.1 Å². The molecular weight excluding hydrogens is 300 g/mol. The van der Waals surface area contributed by atoms with Gasteiger partial charge >= 0.3 is 5.97 Å². The largest absolute Gasteiger partial charge is 0.459 e. The molecule has 1 aromatic carbocycles. The maximum Gasteiger partial charge on any atom is 0.333 e. The molecule has 2 aliphatic heterocycles. The molecule has 1 aromatic rings. The van der Waals surface area contributed by atoms with Crippen LogP contribution >= 0.6 is 11.8 Å². The van der Waals surface area contributed by atoms with Crippen LogP contribution in [0.4, 0.5) is 0 Å². The van der Waals surface area contributed by atoms with Crippen LogP contribution in [-0.2, 0) is 20.9 Å². The number of nitrogens with zero attached hydrogens (tertiary/aromatic N) is 1. The highest BCUT2D eigenvalue weighted by atomic mass is 32.2. The number of carbonyl (C=O) groups is 2. The second-order valence-corrected chi connectivity index (χ2v) is 8.13. The molecule has 5 nitrogen and oxygen atoms in total. The molecule has 2 aliphatic rings. The summed E-state index contributed by atoms with van der Waals surface area (Å²) in [5.74, 6) is -0.557. The predicted molar refractivity (Wildman–Crippen MR) is 84.9 cm³/mol. The lowest BCUT2D eigenvalue weighted by Gasteiger charge is -2.47. The lowest BCUT2D eigenvalue weighted by atomic mass is 9.82. The number of hydrogen-bond donors (Lipinski definition) is 1. The van der Waals surface area contributed by atoms with Gasteiger partial charge in [-0.2, -0.15) is 0 Å². The van der Waals surface area contributed by atoms with Crippen molar-refractivity contribution in [2.75, 3.05) is 0 Å². The Hall–Kier alpha value is -1.53. The number of carbonyl (C=O) groups excluding carboxylic acids is 2. The average Bonchev–Trinajstić information content (AvgIpc) is 2.71. The number of benzene rings is 1. The van der Waals surface area contributed by atoms with Crippen molar-refractivity contribution in [1.82, 2.24) is 4.90 Å². The number of β-lactam (4-membered cyclic amide) rings is 1. The van der Waals surface area contributed by atoms with E-state index in [4.69, 9.17) is 10.5 Å². The van der Waals surface area contributed by atoms with Crippen molar-refractivity contribution in [2.24, 2.45) is 5.73 Å². The van der Waals surface area contributed by atoms with Gasteiger partial charge in [-0.15, -0.1) is 11.8 Å². The van der Waals surface area contributed by atoms with Gasteiger partial charge in [-0.1, -0.05) is 30.3 Å². The van der Waals surface area contributed by atoms with E-state index >= 15 is 0 Å². The summed E-state index contributed by atoms with van der Waals surface area (Å²) in [5, 5.41) is -0.142. The summed E-state index contributed by atoms with van der Waals surface area (Å²) in [6, 6.07) is 8.99. The Kier molecular flexibility index (Phi) is 3.49. The summed E-state index contributed by atoms with van der Waals surface area (Å²) < 4.78 is 5.05. The Labute approximate surface area is 134 Å². The van der Waals surface area contributed by atoms with Crippen LogP contribution in [0.15, 0.2) is 30.3 Å². The molecule has 2 N–H and O–H groups in total. The minimum Gasteiger partial charge on any atom is -0.459 e. The van der Waals surface area contributed by atoms with Gasteiger partial charge in [-0.25, -0.2) is 4.79 Å². The number of hydrogen-bond acceptors (Lipinski definition) is 5. The minimum absolute atomic E-state index is 0.142. The molecule has 6 heteroatoms. The first-order valence-corrected chi connectivity index (χ1v) is 8.15. The van der Waals surface area contributed by atoms with E-state index in [2.05, 4.69) is 0 Å². The fourth-order valence-electron chi connectivity index (χ4n) is 3.00. The SMILES string of the molecule is CC1(C)S[C@@H]2[C@H](N)C(=O)N2[C@@]1(C)C(=O)OCc1ccccc1. The second-order valence-electron chi connectivity index (χ2n) is 6.39. The summed E-state index contributed by atoms with van der Waals surface area (Å²) in [4.78, 5) is 26.4. The number of thioether (sulfide) groups is 1. The van der Waals surface area contributed by atoms with Gasteiger partial charge in [0.1, 0.15) is 18.0 Å². The zero-order valence-electron chi connectivity index (χ0n) is 12.9. The summed E-state index contributed by atoms with van der Waals surface area (Å²) in [7, 11) is 0. The Morgan fingerprint density at radius 1 is 1.32 bits per heavy atom. The number of fused-ring (bicyclic) bond motifs is 1. The maximum absolute atomic E-state index is 12.7. The van der Waals surface area contributed by atoms with Crippen LogP contribution in [-0.4, -0.2) is 38.5 Å². The molecule has 0 aliphatic carbocycles. The normalized spacial score (nSPS) is 32.4. The molecule has 0 bridgehead atoms. The zero-order valence-corrected chi connectivity index (χ0v) is 13.7. The third-order valence-electron chi connectivity index (χ3n) is 4.76. The van der Waals surface area contributed by atoms with Gasteiger partial charge in [0, 0.05) is 4.75 Å². The fraction of sp³-hybridized carbons (Fsp3) is 0.500. The molecule has 0 saturated carbocycles. The van der Waals surface area contributed by atoms with Crippen molar-refractivity contribution in [1.29, 1.82) is 0 Å². The highest BCUT2D eigenvalue weighted by Crippen LogP contribution is 2.56. The quantitative estimate of drug-likeness (QED) is 0.675. The smallest absolute Gasteiger partial charge is 0.333 e. The molecule has 0 aromatic heterocycles. The van der Waals surface area contributed by atoms with E-state index in [1.165, 1.54) is 0 Å². The number of rotatable bonds is 3. The van der Waals surface area contributed by atoms with Crippen molar-refractivity contribution < 1.29 is 14.3 Å². The Morgan fingerprint density at radius 2 is 1.95 bits per heavy atom. The van der Waals surface area contributed by atoms with Crippen LogP contribution < -0.4 is 5.73 Å². The molecule has 0 unspecified atom stereocenters. The molecule has 2 heterocycles. The standard InChI is InChI=1S/C16H20N2O3S/c1-15(2)16(3,18-12(19)11(17)13(18)22-15)14(20)21-9-10-7-5-4-6-8-10/h4-8,11,13H,9,17H2,1-3H3/t11-,13-,16+/m1/s1. The van der Waals surface area contributed by atoms with E-state index in [-0.39, 0.29) is 23.9 Å². The van der Waals surface area contributed by atoms with Crippen molar-refractivity contribution in [3.63, 3.8) is 0 Å². The van der Waals surface area contributed by atoms with E-state index in [0.717, 1.165) is 5.56 Å². The molecule has 2 fully saturated rings. The van der Waals surface area contributed by atoms with Crippen LogP contribution in [0.3, 0.4) is 0 Å². The van der Waals surface area contributed by atoms with Crippen molar-refractivity contribution in [3.05, 3.63) is 35.9 Å². The molecule has 1 amide bonds. The summed E-state index contributed by atoms with van der Waals surface area (Å²) in [5.41, 5.74) is 5.78. The molecular formula is C16H20N2O3S. The van der Waals surface area contributed by atoms with Crippen LogP contribution in [0.25, 0.3) is 0 Å². The van der Waals surface area contributed by atoms with Crippen molar-refractivity contribution >= 4 is 23.6 Å². The first-order valence-electron chi connectivity index (χ1n) is 7.27. The van der Waals surface area contributed by atoms with E-state index in [9.17, 15) is 9.59 Å². The molecule has 0 spiro atoms. The van der Waals surface area contributed by atoms with Gasteiger partial charge in [-0.3, -0.25) is 4.79 Å². The van der Waals surface area contributed by atoms with Gasteiger partial charge < -0.3 is 15.4 Å².